The van der Waals surface area contributed by atoms with E-state index in [-0.39, 0.29) is 23.6 Å². The summed E-state index contributed by atoms with van der Waals surface area (Å²) >= 11 is 0. The molecule has 0 atom stereocenters. The molecule has 0 unspecified atom stereocenters. The maximum atomic E-state index is 11.0. The molecule has 19 heavy (non-hydrogen) atoms. The van der Waals surface area contributed by atoms with E-state index in [0.717, 1.165) is 19.4 Å². The summed E-state index contributed by atoms with van der Waals surface area (Å²) in [6.07, 6.45) is 2.90. The van der Waals surface area contributed by atoms with Crippen molar-refractivity contribution in [3.63, 3.8) is 0 Å². The molecule has 0 radical (unpaired) electrons. The van der Waals surface area contributed by atoms with E-state index in [4.69, 9.17) is 9.47 Å². The number of aromatic nitrogens is 2. The van der Waals surface area contributed by atoms with Crippen LogP contribution in [0.2, 0.25) is 0 Å². The zero-order valence-corrected chi connectivity index (χ0v) is 10.8. The molecule has 104 valence electrons. The Kier molecular flexibility index (Phi) is 4.10. The summed E-state index contributed by atoms with van der Waals surface area (Å²) in [5.74, 6) is 0.448. The third-order valence-corrected chi connectivity index (χ3v) is 3.09. The molecule has 1 N–H and O–H groups in total. The minimum Gasteiger partial charge on any atom is -0.476 e. The van der Waals surface area contributed by atoms with E-state index in [1.165, 1.54) is 13.4 Å². The monoisotopic (exact) mass is 268 g/mol. The lowest BCUT2D eigenvalue weighted by Crippen LogP contribution is -2.38. The van der Waals surface area contributed by atoms with E-state index >= 15 is 0 Å². The van der Waals surface area contributed by atoms with Gasteiger partial charge in [0.25, 0.3) is 0 Å². The van der Waals surface area contributed by atoms with Crippen LogP contribution in [-0.4, -0.2) is 41.7 Å². The van der Waals surface area contributed by atoms with Crippen molar-refractivity contribution in [3.8, 4) is 11.8 Å². The van der Waals surface area contributed by atoms with Crippen LogP contribution in [0.25, 0.3) is 0 Å². The van der Waals surface area contributed by atoms with Gasteiger partial charge in [-0.05, 0) is 32.4 Å². The summed E-state index contributed by atoms with van der Waals surface area (Å²) in [6.45, 7) is 0.926. The van der Waals surface area contributed by atoms with Gasteiger partial charge in [-0.3, -0.25) is 10.1 Å². The van der Waals surface area contributed by atoms with Crippen LogP contribution in [0, 0.1) is 16.0 Å². The minimum atomic E-state index is -0.585. The van der Waals surface area contributed by atoms with Gasteiger partial charge in [-0.2, -0.15) is 9.97 Å². The first-order valence-corrected chi connectivity index (χ1v) is 6.00. The Hall–Kier alpha value is -1.96. The van der Waals surface area contributed by atoms with E-state index in [1.54, 1.807) is 0 Å². The highest BCUT2D eigenvalue weighted by Gasteiger charge is 2.34. The lowest BCUT2D eigenvalue weighted by Gasteiger charge is -2.34. The van der Waals surface area contributed by atoms with Gasteiger partial charge in [0.05, 0.1) is 12.0 Å². The van der Waals surface area contributed by atoms with Crippen LogP contribution >= 0.6 is 0 Å². The van der Waals surface area contributed by atoms with Gasteiger partial charge in [-0.25, -0.2) is 0 Å². The largest absolute Gasteiger partial charge is 0.476 e. The highest BCUT2D eigenvalue weighted by molar-refractivity contribution is 5.49. The molecule has 8 heteroatoms. The molecule has 0 aromatic carbocycles. The van der Waals surface area contributed by atoms with Crippen LogP contribution in [0.3, 0.4) is 0 Å². The van der Waals surface area contributed by atoms with Crippen molar-refractivity contribution in [2.45, 2.75) is 18.9 Å². The summed E-state index contributed by atoms with van der Waals surface area (Å²) < 4.78 is 10.4. The number of hydrogen-bond acceptors (Lipinski definition) is 7. The Balaban J connectivity index is 2.07. The molecule has 1 saturated carbocycles. The molecular formula is C11H16N4O4. The number of rotatable bonds is 6. The van der Waals surface area contributed by atoms with Crippen molar-refractivity contribution in [3.05, 3.63) is 16.4 Å². The quantitative estimate of drug-likeness (QED) is 0.600. The standard InChI is InChI=1S/C11H16N4O4/c1-12-5-7-3-8(4-7)19-11-9(15(16)17)10(18-2)13-6-14-11/h6-8,12H,3-5H2,1-2H3. The Morgan fingerprint density at radius 3 is 2.74 bits per heavy atom. The maximum Gasteiger partial charge on any atom is 0.392 e. The van der Waals surface area contributed by atoms with Crippen LogP contribution in [0.5, 0.6) is 11.8 Å². The van der Waals surface area contributed by atoms with Gasteiger partial charge in [0.1, 0.15) is 12.4 Å². The van der Waals surface area contributed by atoms with Gasteiger partial charge in [0.2, 0.25) is 0 Å². The number of ether oxygens (including phenoxy) is 2. The molecule has 1 aliphatic rings. The Morgan fingerprint density at radius 2 is 2.16 bits per heavy atom. The highest BCUT2D eigenvalue weighted by Crippen LogP contribution is 2.37. The van der Waals surface area contributed by atoms with Crippen molar-refractivity contribution in [2.24, 2.45) is 5.92 Å². The molecule has 0 bridgehead atoms. The maximum absolute atomic E-state index is 11.0. The number of nitro groups is 1. The number of methoxy groups -OCH3 is 1. The summed E-state index contributed by atoms with van der Waals surface area (Å²) in [6, 6.07) is 0. The first-order chi connectivity index (χ1) is 9.15. The molecule has 0 amide bonds. The SMILES string of the molecule is CNCC1CC(Oc2ncnc(OC)c2[N+](=O)[O-])C1. The predicted octanol–water partition coefficient (Wildman–Crippen LogP) is 0.770. The second-order valence-corrected chi connectivity index (χ2v) is 4.43. The molecule has 0 spiro atoms. The molecule has 1 aromatic heterocycles. The van der Waals surface area contributed by atoms with E-state index in [0.29, 0.717) is 5.92 Å². The Morgan fingerprint density at radius 1 is 1.47 bits per heavy atom. The molecular weight excluding hydrogens is 252 g/mol. The Bertz CT molecular complexity index is 462. The lowest BCUT2D eigenvalue weighted by molar-refractivity contribution is -0.387. The molecule has 1 heterocycles. The van der Waals surface area contributed by atoms with Crippen LogP contribution in [-0.2, 0) is 0 Å². The zero-order chi connectivity index (χ0) is 13.8. The zero-order valence-electron chi connectivity index (χ0n) is 10.8. The van der Waals surface area contributed by atoms with E-state index in [1.807, 2.05) is 7.05 Å². The highest BCUT2D eigenvalue weighted by atomic mass is 16.6. The summed E-state index contributed by atoms with van der Waals surface area (Å²) in [7, 11) is 3.22. The van der Waals surface area contributed by atoms with E-state index in [9.17, 15) is 10.1 Å². The van der Waals surface area contributed by atoms with E-state index < -0.39 is 4.92 Å². The molecule has 8 nitrogen and oxygen atoms in total. The number of hydrogen-bond donors (Lipinski definition) is 1. The second kappa shape index (κ2) is 5.79. The van der Waals surface area contributed by atoms with Crippen molar-refractivity contribution < 1.29 is 14.4 Å². The third kappa shape index (κ3) is 2.90. The van der Waals surface area contributed by atoms with Crippen molar-refractivity contribution in [1.29, 1.82) is 0 Å². The molecule has 2 rings (SSSR count). The second-order valence-electron chi connectivity index (χ2n) is 4.43. The average molecular weight is 268 g/mol. The smallest absolute Gasteiger partial charge is 0.392 e. The topological polar surface area (TPSA) is 99.4 Å². The fraction of sp³-hybridized carbons (Fsp3) is 0.636. The van der Waals surface area contributed by atoms with Crippen LogP contribution in [0.15, 0.2) is 6.33 Å². The van der Waals surface area contributed by atoms with E-state index in [2.05, 4.69) is 15.3 Å². The van der Waals surface area contributed by atoms with Crippen LogP contribution in [0.4, 0.5) is 5.69 Å². The summed E-state index contributed by atoms with van der Waals surface area (Å²) in [4.78, 5) is 18.0. The molecule has 1 fully saturated rings. The third-order valence-electron chi connectivity index (χ3n) is 3.09. The average Bonchev–Trinajstić information content (AvgIpc) is 2.35. The fourth-order valence-electron chi connectivity index (χ4n) is 2.12. The summed E-state index contributed by atoms with van der Waals surface area (Å²) in [5.41, 5.74) is -0.318. The normalized spacial score (nSPS) is 21.6. The van der Waals surface area contributed by atoms with Crippen LogP contribution in [0.1, 0.15) is 12.8 Å². The van der Waals surface area contributed by atoms with Gasteiger partial charge < -0.3 is 14.8 Å². The van der Waals surface area contributed by atoms with Gasteiger partial charge in [-0.1, -0.05) is 0 Å². The van der Waals surface area contributed by atoms with Crippen molar-refractivity contribution in [2.75, 3.05) is 20.7 Å². The van der Waals surface area contributed by atoms with Gasteiger partial charge >= 0.3 is 17.4 Å². The first kappa shape index (κ1) is 13.5. The molecule has 1 aliphatic carbocycles. The fourth-order valence-corrected chi connectivity index (χ4v) is 2.12. The number of nitrogens with zero attached hydrogens (tertiary/aromatic N) is 3. The van der Waals surface area contributed by atoms with Gasteiger partial charge in [0, 0.05) is 0 Å². The molecule has 0 aliphatic heterocycles. The number of nitrogens with one attached hydrogen (secondary N) is 1. The van der Waals surface area contributed by atoms with Crippen molar-refractivity contribution in [1.82, 2.24) is 15.3 Å². The molecule has 1 aromatic rings. The first-order valence-electron chi connectivity index (χ1n) is 6.00. The van der Waals surface area contributed by atoms with Gasteiger partial charge in [0.15, 0.2) is 0 Å². The van der Waals surface area contributed by atoms with Gasteiger partial charge in [-0.15, -0.1) is 0 Å². The lowest BCUT2D eigenvalue weighted by atomic mass is 9.82. The minimum absolute atomic E-state index is 0.0234. The molecule has 0 saturated heterocycles. The summed E-state index contributed by atoms with van der Waals surface area (Å²) in [5, 5.41) is 14.1. The predicted molar refractivity (Wildman–Crippen MR) is 66.3 cm³/mol. The van der Waals surface area contributed by atoms with Crippen LogP contribution < -0.4 is 14.8 Å². The van der Waals surface area contributed by atoms with Crippen molar-refractivity contribution >= 4 is 5.69 Å². The Labute approximate surface area is 110 Å².